The van der Waals surface area contributed by atoms with Crippen LogP contribution in [0.4, 0.5) is 10.8 Å². The summed E-state index contributed by atoms with van der Waals surface area (Å²) in [5.74, 6) is 0.589. The first-order chi connectivity index (χ1) is 9.42. The number of rotatable bonds is 5. The number of hydrogen-bond donors (Lipinski definition) is 2. The normalized spacial score (nSPS) is 11.8. The molecule has 0 saturated heterocycles. The van der Waals surface area contributed by atoms with E-state index >= 15 is 0 Å². The number of likely N-dealkylation sites (N-methyl/N-ethyl adjacent to an activating group) is 1. The van der Waals surface area contributed by atoms with Crippen molar-refractivity contribution >= 4 is 22.4 Å². The number of benzene rings is 1. The second-order valence-corrected chi connectivity index (χ2v) is 6.47. The zero-order chi connectivity index (χ0) is 14.8. The van der Waals surface area contributed by atoms with Crippen molar-refractivity contribution in [3.63, 3.8) is 0 Å². The number of aromatic nitrogens is 1. The highest BCUT2D eigenvalue weighted by Crippen LogP contribution is 2.36. The van der Waals surface area contributed by atoms with Crippen molar-refractivity contribution in [3.8, 4) is 11.1 Å². The highest BCUT2D eigenvalue weighted by molar-refractivity contribution is 7.11. The first-order valence-electron chi connectivity index (χ1n) is 6.63. The molecule has 0 atom stereocenters. The van der Waals surface area contributed by atoms with Gasteiger partial charge >= 0.3 is 0 Å². The average molecular weight is 290 g/mol. The molecule has 0 aliphatic heterocycles. The highest BCUT2D eigenvalue weighted by Gasteiger charge is 2.22. The van der Waals surface area contributed by atoms with Gasteiger partial charge in [-0.1, -0.05) is 30.3 Å². The zero-order valence-electron chi connectivity index (χ0n) is 12.5. The molecule has 2 aromatic rings. The van der Waals surface area contributed by atoms with E-state index in [0.29, 0.717) is 5.82 Å². The fraction of sp³-hybridized carbons (Fsp3) is 0.400. The van der Waals surface area contributed by atoms with E-state index in [1.54, 1.807) is 0 Å². The van der Waals surface area contributed by atoms with Crippen LogP contribution in [0.5, 0.6) is 0 Å². The number of hydrogen-bond acceptors (Lipinski definition) is 5. The molecule has 3 N–H and O–H groups in total. The molecule has 0 bridgehead atoms. The van der Waals surface area contributed by atoms with Gasteiger partial charge in [0.1, 0.15) is 10.8 Å². The molecule has 0 saturated carbocycles. The van der Waals surface area contributed by atoms with E-state index in [1.807, 2.05) is 18.2 Å². The lowest BCUT2D eigenvalue weighted by Gasteiger charge is -2.32. The molecular weight excluding hydrogens is 268 g/mol. The molecule has 1 heterocycles. The van der Waals surface area contributed by atoms with Gasteiger partial charge in [0, 0.05) is 12.1 Å². The highest BCUT2D eigenvalue weighted by atomic mass is 32.1. The zero-order valence-corrected chi connectivity index (χ0v) is 13.3. The van der Waals surface area contributed by atoms with Crippen LogP contribution in [0.2, 0.25) is 0 Å². The number of nitrogens with two attached hydrogens (primary N) is 1. The minimum atomic E-state index is 0.0622. The largest absolute Gasteiger partial charge is 0.382 e. The van der Waals surface area contributed by atoms with Crippen molar-refractivity contribution in [3.05, 3.63) is 30.3 Å². The van der Waals surface area contributed by atoms with Crippen LogP contribution < -0.4 is 11.1 Å². The van der Waals surface area contributed by atoms with Crippen molar-refractivity contribution < 1.29 is 0 Å². The van der Waals surface area contributed by atoms with Crippen molar-refractivity contribution in [1.82, 2.24) is 9.27 Å². The van der Waals surface area contributed by atoms with Gasteiger partial charge in [-0.3, -0.25) is 0 Å². The molecule has 2 rings (SSSR count). The van der Waals surface area contributed by atoms with E-state index in [9.17, 15) is 0 Å². The molecule has 5 heteroatoms. The molecular formula is C15H22N4S. The van der Waals surface area contributed by atoms with Gasteiger partial charge in [0.15, 0.2) is 0 Å². The number of nitrogens with zero attached hydrogens (tertiary/aromatic N) is 2. The SMILES string of the molecule is CN(C)C(C)(C)CNc1snc(N)c1-c1ccccc1. The van der Waals surface area contributed by atoms with E-state index < -0.39 is 0 Å². The molecule has 1 aromatic carbocycles. The lowest BCUT2D eigenvalue weighted by Crippen LogP contribution is -2.44. The van der Waals surface area contributed by atoms with Crippen LogP contribution in [-0.2, 0) is 0 Å². The third-order valence-electron chi connectivity index (χ3n) is 3.67. The molecule has 0 aliphatic rings. The predicted octanol–water partition coefficient (Wildman–Crippen LogP) is 3.14. The lowest BCUT2D eigenvalue weighted by molar-refractivity contribution is 0.210. The number of anilines is 2. The maximum Gasteiger partial charge on any atom is 0.147 e. The van der Waals surface area contributed by atoms with Crippen LogP contribution in [0.15, 0.2) is 30.3 Å². The number of nitrogens with one attached hydrogen (secondary N) is 1. The minimum Gasteiger partial charge on any atom is -0.382 e. The summed E-state index contributed by atoms with van der Waals surface area (Å²) in [5, 5.41) is 4.52. The fourth-order valence-electron chi connectivity index (χ4n) is 1.76. The summed E-state index contributed by atoms with van der Waals surface area (Å²) in [6.45, 7) is 5.24. The van der Waals surface area contributed by atoms with Gasteiger partial charge in [0.25, 0.3) is 0 Å². The maximum atomic E-state index is 6.02. The Kier molecular flexibility index (Phi) is 4.30. The van der Waals surface area contributed by atoms with Gasteiger partial charge in [-0.15, -0.1) is 0 Å². The predicted molar refractivity (Wildman–Crippen MR) is 88.2 cm³/mol. The Morgan fingerprint density at radius 3 is 2.50 bits per heavy atom. The quantitative estimate of drug-likeness (QED) is 0.888. The first-order valence-corrected chi connectivity index (χ1v) is 7.41. The smallest absolute Gasteiger partial charge is 0.147 e. The van der Waals surface area contributed by atoms with Gasteiger partial charge in [-0.2, -0.15) is 4.37 Å². The Labute approximate surface area is 124 Å². The fourth-order valence-corrected chi connectivity index (χ4v) is 2.49. The molecule has 0 unspecified atom stereocenters. The summed E-state index contributed by atoms with van der Waals surface area (Å²) in [4.78, 5) is 2.20. The molecule has 0 aliphatic carbocycles. The van der Waals surface area contributed by atoms with Crippen LogP contribution in [0.25, 0.3) is 11.1 Å². The Hall–Kier alpha value is -1.59. The van der Waals surface area contributed by atoms with Gasteiger partial charge in [0.05, 0.1) is 5.56 Å². The lowest BCUT2D eigenvalue weighted by atomic mass is 10.0. The Morgan fingerprint density at radius 1 is 1.25 bits per heavy atom. The Balaban J connectivity index is 2.23. The van der Waals surface area contributed by atoms with Crippen LogP contribution in [0.3, 0.4) is 0 Å². The van der Waals surface area contributed by atoms with Gasteiger partial charge in [0.2, 0.25) is 0 Å². The molecule has 1 aromatic heterocycles. The van der Waals surface area contributed by atoms with Crippen molar-refractivity contribution in [2.75, 3.05) is 31.7 Å². The first kappa shape index (κ1) is 14.8. The second-order valence-electron chi connectivity index (χ2n) is 5.70. The third kappa shape index (κ3) is 3.11. The monoisotopic (exact) mass is 290 g/mol. The summed E-state index contributed by atoms with van der Waals surface area (Å²) in [6, 6.07) is 10.1. The standard InChI is InChI=1S/C15H22N4S/c1-15(2,19(3)4)10-17-14-12(13(16)18-20-14)11-8-6-5-7-9-11/h5-9,17H,10H2,1-4H3,(H2,16,18). The summed E-state index contributed by atoms with van der Waals surface area (Å²) in [5.41, 5.74) is 8.19. The third-order valence-corrected chi connectivity index (χ3v) is 4.49. The van der Waals surface area contributed by atoms with Crippen molar-refractivity contribution in [2.45, 2.75) is 19.4 Å². The van der Waals surface area contributed by atoms with Crippen LogP contribution >= 0.6 is 11.5 Å². The van der Waals surface area contributed by atoms with Gasteiger partial charge in [-0.05, 0) is 45.0 Å². The van der Waals surface area contributed by atoms with Crippen LogP contribution in [0.1, 0.15) is 13.8 Å². The molecule has 0 radical (unpaired) electrons. The maximum absolute atomic E-state index is 6.02. The molecule has 108 valence electrons. The Bertz CT molecular complexity index is 561. The molecule has 20 heavy (non-hydrogen) atoms. The van der Waals surface area contributed by atoms with E-state index in [2.05, 4.69) is 54.7 Å². The minimum absolute atomic E-state index is 0.0622. The molecule has 0 spiro atoms. The summed E-state index contributed by atoms with van der Waals surface area (Å²) in [7, 11) is 4.17. The van der Waals surface area contributed by atoms with Crippen molar-refractivity contribution in [2.24, 2.45) is 0 Å². The van der Waals surface area contributed by atoms with E-state index in [-0.39, 0.29) is 5.54 Å². The Morgan fingerprint density at radius 2 is 1.90 bits per heavy atom. The summed E-state index contributed by atoms with van der Waals surface area (Å²) in [6.07, 6.45) is 0. The summed E-state index contributed by atoms with van der Waals surface area (Å²) < 4.78 is 4.28. The second kappa shape index (κ2) is 5.81. The average Bonchev–Trinajstić information content (AvgIpc) is 2.78. The van der Waals surface area contributed by atoms with Crippen LogP contribution in [-0.4, -0.2) is 35.5 Å². The van der Waals surface area contributed by atoms with Crippen LogP contribution in [0, 0.1) is 0 Å². The molecule has 0 fully saturated rings. The molecule has 0 amide bonds. The van der Waals surface area contributed by atoms with E-state index in [4.69, 9.17) is 5.73 Å². The topological polar surface area (TPSA) is 54.2 Å². The van der Waals surface area contributed by atoms with E-state index in [1.165, 1.54) is 11.5 Å². The van der Waals surface area contributed by atoms with Gasteiger partial charge < -0.3 is 16.0 Å². The number of nitrogen functional groups attached to an aromatic ring is 1. The van der Waals surface area contributed by atoms with Crippen molar-refractivity contribution in [1.29, 1.82) is 0 Å². The van der Waals surface area contributed by atoms with Gasteiger partial charge in [-0.25, -0.2) is 0 Å². The summed E-state index contributed by atoms with van der Waals surface area (Å²) >= 11 is 1.42. The van der Waals surface area contributed by atoms with E-state index in [0.717, 1.165) is 22.7 Å². The molecule has 4 nitrogen and oxygen atoms in total.